The fourth-order valence-corrected chi connectivity index (χ4v) is 2.61. The number of aromatic nitrogens is 3. The molecule has 0 amide bonds. The fourth-order valence-electron chi connectivity index (χ4n) is 2.61. The summed E-state index contributed by atoms with van der Waals surface area (Å²) in [7, 11) is 1.70. The van der Waals surface area contributed by atoms with Crippen molar-refractivity contribution in [1.82, 2.24) is 14.3 Å². The second kappa shape index (κ2) is 6.65. The molecule has 0 aliphatic rings. The van der Waals surface area contributed by atoms with Crippen LogP contribution in [0.25, 0.3) is 21.7 Å². The van der Waals surface area contributed by atoms with Gasteiger partial charge >= 0.3 is 0 Å². The van der Waals surface area contributed by atoms with E-state index in [2.05, 4.69) is 9.94 Å². The Bertz CT molecular complexity index is 1020. The first kappa shape index (κ1) is 16.5. The van der Waals surface area contributed by atoms with Crippen molar-refractivity contribution in [3.8, 4) is 22.6 Å². The molecule has 0 spiro atoms. The lowest BCUT2D eigenvalue weighted by atomic mass is 10.1. The highest BCUT2D eigenvalue weighted by atomic mass is 16.5. The van der Waals surface area contributed by atoms with E-state index in [4.69, 9.17) is 11.3 Å². The van der Waals surface area contributed by atoms with Gasteiger partial charge in [0.1, 0.15) is 5.75 Å². The van der Waals surface area contributed by atoms with Gasteiger partial charge in [0, 0.05) is 36.6 Å². The minimum absolute atomic E-state index is 0.125. The van der Waals surface area contributed by atoms with E-state index in [-0.39, 0.29) is 5.56 Å². The van der Waals surface area contributed by atoms with Crippen LogP contribution in [0.15, 0.2) is 47.7 Å². The van der Waals surface area contributed by atoms with Gasteiger partial charge < -0.3 is 9.30 Å². The van der Waals surface area contributed by atoms with Gasteiger partial charge in [-0.25, -0.2) is 9.53 Å². The molecule has 0 saturated heterocycles. The molecule has 2 aromatic heterocycles. The van der Waals surface area contributed by atoms with Gasteiger partial charge in [0.15, 0.2) is 5.69 Å². The number of hydrogen-bond acceptors (Lipinski definition) is 3. The van der Waals surface area contributed by atoms with Crippen LogP contribution in [0.5, 0.6) is 5.75 Å². The average Bonchev–Trinajstić information content (AvgIpc) is 3.08. The third kappa shape index (κ3) is 3.17. The van der Waals surface area contributed by atoms with Crippen LogP contribution in [0.3, 0.4) is 0 Å². The van der Waals surface area contributed by atoms with Gasteiger partial charge in [-0.2, -0.15) is 5.10 Å². The van der Waals surface area contributed by atoms with Crippen molar-refractivity contribution in [1.29, 1.82) is 0 Å². The monoisotopic (exact) mass is 334 g/mol. The predicted octanol–water partition coefficient (Wildman–Crippen LogP) is 3.50. The minimum atomic E-state index is -0.125. The molecule has 2 heterocycles. The van der Waals surface area contributed by atoms with E-state index < -0.39 is 0 Å². The first-order valence-corrected chi connectivity index (χ1v) is 7.90. The zero-order valence-electron chi connectivity index (χ0n) is 14.4. The van der Waals surface area contributed by atoms with Gasteiger partial charge in [-0.3, -0.25) is 4.79 Å². The molecule has 25 heavy (non-hydrogen) atoms. The molecule has 0 aliphatic carbocycles. The molecule has 0 fully saturated rings. The van der Waals surface area contributed by atoms with E-state index >= 15 is 0 Å². The second-order valence-corrected chi connectivity index (χ2v) is 5.69. The Morgan fingerprint density at radius 3 is 2.80 bits per heavy atom. The van der Waals surface area contributed by atoms with Crippen LogP contribution in [0.4, 0.5) is 5.69 Å². The topological polar surface area (TPSA) is 53.4 Å². The maximum atomic E-state index is 11.9. The number of hydrogen-bond donors (Lipinski definition) is 0. The van der Waals surface area contributed by atoms with E-state index in [9.17, 15) is 4.79 Å². The molecular weight excluding hydrogens is 316 g/mol. The predicted molar refractivity (Wildman–Crippen MR) is 96.4 cm³/mol. The normalized spacial score (nSPS) is 10.5. The van der Waals surface area contributed by atoms with E-state index in [0.717, 1.165) is 22.4 Å². The minimum Gasteiger partial charge on any atom is -0.493 e. The summed E-state index contributed by atoms with van der Waals surface area (Å²) in [6, 6.07) is 6.99. The first-order valence-electron chi connectivity index (χ1n) is 7.90. The third-order valence-electron chi connectivity index (χ3n) is 3.95. The molecule has 3 rings (SSSR count). The summed E-state index contributed by atoms with van der Waals surface area (Å²) in [5, 5.41) is 4.42. The smallest absolute Gasteiger partial charge is 0.254 e. The van der Waals surface area contributed by atoms with E-state index in [1.54, 1.807) is 30.2 Å². The Balaban J connectivity index is 2.10. The van der Waals surface area contributed by atoms with E-state index in [1.165, 1.54) is 10.6 Å². The molecule has 6 heteroatoms. The lowest BCUT2D eigenvalue weighted by Crippen LogP contribution is -2.15. The van der Waals surface area contributed by atoms with Gasteiger partial charge in [0.25, 0.3) is 5.56 Å². The summed E-state index contributed by atoms with van der Waals surface area (Å²) in [5.74, 6) is 0.539. The summed E-state index contributed by atoms with van der Waals surface area (Å²) in [5.41, 5.74) is 3.95. The highest BCUT2D eigenvalue weighted by molar-refractivity contribution is 5.69. The quantitative estimate of drug-likeness (QED) is 0.686. The van der Waals surface area contributed by atoms with Crippen molar-refractivity contribution < 1.29 is 4.74 Å². The van der Waals surface area contributed by atoms with E-state index in [0.29, 0.717) is 18.0 Å². The lowest BCUT2D eigenvalue weighted by Gasteiger charge is -2.10. The largest absolute Gasteiger partial charge is 0.493 e. The lowest BCUT2D eigenvalue weighted by molar-refractivity contribution is 0.340. The van der Waals surface area contributed by atoms with Gasteiger partial charge in [0.2, 0.25) is 0 Å². The zero-order chi connectivity index (χ0) is 18.0. The summed E-state index contributed by atoms with van der Waals surface area (Å²) in [4.78, 5) is 15.3. The SMILES string of the molecule is [C-]#[N+]c1ccc(C)c(-n2cc(-c3cn(C)c(=O)cc3OCC)cn2)c1. The number of ether oxygens (including phenoxy) is 1. The van der Waals surface area contributed by atoms with Gasteiger partial charge in [-0.05, 0) is 25.5 Å². The standard InChI is InChI=1S/C19H18N4O2/c1-5-25-18-9-19(24)22(4)12-16(18)14-10-21-23(11-14)17-8-15(20-3)7-6-13(17)2/h6-12H,5H2,1-2,4H3. The molecule has 3 aromatic rings. The van der Waals surface area contributed by atoms with Gasteiger partial charge in [-0.15, -0.1) is 0 Å². The first-order chi connectivity index (χ1) is 12.0. The van der Waals surface area contributed by atoms with Gasteiger partial charge in [-0.1, -0.05) is 12.1 Å². The maximum Gasteiger partial charge on any atom is 0.254 e. The fraction of sp³-hybridized carbons (Fsp3) is 0.211. The Morgan fingerprint density at radius 2 is 2.08 bits per heavy atom. The van der Waals surface area contributed by atoms with Crippen LogP contribution in [0.2, 0.25) is 0 Å². The van der Waals surface area contributed by atoms with Gasteiger partial charge in [0.05, 0.1) is 25.1 Å². The molecule has 0 unspecified atom stereocenters. The Morgan fingerprint density at radius 1 is 1.28 bits per heavy atom. The molecule has 0 N–H and O–H groups in total. The number of pyridine rings is 1. The maximum absolute atomic E-state index is 11.9. The number of benzene rings is 1. The van der Waals surface area contributed by atoms with Crippen LogP contribution in [-0.4, -0.2) is 21.0 Å². The van der Waals surface area contributed by atoms with Crippen molar-refractivity contribution >= 4 is 5.69 Å². The van der Waals surface area contributed by atoms with Crippen LogP contribution in [-0.2, 0) is 7.05 Å². The summed E-state index contributed by atoms with van der Waals surface area (Å²) < 4.78 is 8.86. The van der Waals surface area contributed by atoms with Crippen molar-refractivity contribution in [2.24, 2.45) is 7.05 Å². The van der Waals surface area contributed by atoms with Crippen LogP contribution >= 0.6 is 0 Å². The van der Waals surface area contributed by atoms with E-state index in [1.807, 2.05) is 32.2 Å². The molecule has 0 bridgehead atoms. The Kier molecular flexibility index (Phi) is 4.40. The van der Waals surface area contributed by atoms with Crippen LogP contribution in [0.1, 0.15) is 12.5 Å². The summed E-state index contributed by atoms with van der Waals surface area (Å²) >= 11 is 0. The van der Waals surface area contributed by atoms with Crippen molar-refractivity contribution in [2.45, 2.75) is 13.8 Å². The molecule has 0 atom stereocenters. The highest BCUT2D eigenvalue weighted by Crippen LogP contribution is 2.29. The van der Waals surface area contributed by atoms with Crippen LogP contribution in [0, 0.1) is 13.5 Å². The number of nitrogens with zero attached hydrogens (tertiary/aromatic N) is 4. The number of aryl methyl sites for hydroxylation is 2. The number of rotatable bonds is 4. The molecule has 1 aromatic carbocycles. The molecule has 0 aliphatic heterocycles. The third-order valence-corrected chi connectivity index (χ3v) is 3.95. The molecular formula is C19H18N4O2. The van der Waals surface area contributed by atoms with Crippen molar-refractivity contribution in [3.05, 3.63) is 70.2 Å². The average molecular weight is 334 g/mol. The summed E-state index contributed by atoms with van der Waals surface area (Å²) in [6.45, 7) is 11.5. The molecule has 0 radical (unpaired) electrons. The molecule has 6 nitrogen and oxygen atoms in total. The van der Waals surface area contributed by atoms with Crippen LogP contribution < -0.4 is 10.3 Å². The highest BCUT2D eigenvalue weighted by Gasteiger charge is 2.12. The second-order valence-electron chi connectivity index (χ2n) is 5.69. The summed E-state index contributed by atoms with van der Waals surface area (Å²) in [6.07, 6.45) is 5.35. The molecule has 126 valence electrons. The van der Waals surface area contributed by atoms with Crippen molar-refractivity contribution in [2.75, 3.05) is 6.61 Å². The van der Waals surface area contributed by atoms with Crippen molar-refractivity contribution in [3.63, 3.8) is 0 Å². The zero-order valence-corrected chi connectivity index (χ0v) is 14.4. The Hall–Kier alpha value is -3.33. The Labute approximate surface area is 145 Å². The molecule has 0 saturated carbocycles.